The van der Waals surface area contributed by atoms with Gasteiger partial charge in [0.2, 0.25) is 0 Å². The molecule has 0 radical (unpaired) electrons. The van der Waals surface area contributed by atoms with E-state index in [1.807, 2.05) is 54.6 Å². The largest absolute Gasteiger partial charge is 0.457 e. The minimum absolute atomic E-state index is 0.517. The molecule has 3 aromatic rings. The highest BCUT2D eigenvalue weighted by molar-refractivity contribution is 5.82. The number of nitrogens with two attached hydrogens (primary N) is 1. The fraction of sp³-hybridized carbons (Fsp3) is 0.0667. The summed E-state index contributed by atoms with van der Waals surface area (Å²) in [5.74, 6) is 1.67. The van der Waals surface area contributed by atoms with Gasteiger partial charge in [0.05, 0.1) is 0 Å². The molecule has 0 atom stereocenters. The maximum absolute atomic E-state index is 5.78. The maximum Gasteiger partial charge on any atom is 0.128 e. The van der Waals surface area contributed by atoms with Crippen LogP contribution in [0.1, 0.15) is 5.69 Å². The Balaban J connectivity index is 1.93. The molecule has 3 N–H and O–H groups in total. The highest BCUT2D eigenvalue weighted by atomic mass is 16.5. The molecule has 1 aromatic heterocycles. The molecule has 0 aliphatic rings. The number of nitrogens with one attached hydrogen (secondary N) is 1. The van der Waals surface area contributed by atoms with Gasteiger partial charge in [-0.15, -0.1) is 0 Å². The first-order chi connectivity index (χ1) is 8.85. The van der Waals surface area contributed by atoms with Gasteiger partial charge in [0.1, 0.15) is 11.5 Å². The lowest BCUT2D eigenvalue weighted by atomic mass is 10.2. The Morgan fingerprint density at radius 1 is 0.944 bits per heavy atom. The Hall–Kier alpha value is -2.26. The summed E-state index contributed by atoms with van der Waals surface area (Å²) in [4.78, 5) is 3.26. The van der Waals surface area contributed by atoms with E-state index in [0.29, 0.717) is 6.54 Å². The topological polar surface area (TPSA) is 51.0 Å². The van der Waals surface area contributed by atoms with Crippen molar-refractivity contribution in [2.24, 2.45) is 5.73 Å². The number of aromatic nitrogens is 1. The first-order valence-electron chi connectivity index (χ1n) is 5.90. The van der Waals surface area contributed by atoms with Gasteiger partial charge in [0.25, 0.3) is 0 Å². The second-order valence-electron chi connectivity index (χ2n) is 4.16. The molecule has 0 unspecified atom stereocenters. The van der Waals surface area contributed by atoms with Crippen LogP contribution in [0.2, 0.25) is 0 Å². The lowest BCUT2D eigenvalue weighted by Gasteiger charge is -2.04. The van der Waals surface area contributed by atoms with E-state index in [1.165, 1.54) is 0 Å². The molecule has 3 heteroatoms. The second kappa shape index (κ2) is 4.55. The molecular weight excluding hydrogens is 224 g/mol. The van der Waals surface area contributed by atoms with Crippen molar-refractivity contribution < 1.29 is 4.74 Å². The molecule has 0 aliphatic carbocycles. The molecule has 1 heterocycles. The quantitative estimate of drug-likeness (QED) is 0.734. The average Bonchev–Trinajstić information content (AvgIpc) is 2.82. The van der Waals surface area contributed by atoms with Crippen molar-refractivity contribution in [3.8, 4) is 11.5 Å². The zero-order valence-corrected chi connectivity index (χ0v) is 9.89. The Labute approximate surface area is 105 Å². The summed E-state index contributed by atoms with van der Waals surface area (Å²) in [5.41, 5.74) is 7.72. The third kappa shape index (κ3) is 2.08. The van der Waals surface area contributed by atoms with E-state index in [2.05, 4.69) is 4.98 Å². The Morgan fingerprint density at radius 2 is 1.78 bits per heavy atom. The van der Waals surface area contributed by atoms with Gasteiger partial charge in [0.15, 0.2) is 0 Å². The number of hydrogen-bond donors (Lipinski definition) is 2. The molecule has 0 saturated carbocycles. The smallest absolute Gasteiger partial charge is 0.128 e. The Kier molecular flexibility index (Phi) is 2.74. The normalized spacial score (nSPS) is 10.7. The standard InChI is InChI=1S/C15H14N2O/c16-10-12-8-11-9-14(6-7-15(11)17-12)18-13-4-2-1-3-5-13/h1-9,17H,10,16H2. The predicted octanol–water partition coefficient (Wildman–Crippen LogP) is 3.42. The zero-order chi connectivity index (χ0) is 12.4. The zero-order valence-electron chi connectivity index (χ0n) is 9.89. The summed E-state index contributed by atoms with van der Waals surface area (Å²) in [7, 11) is 0. The lowest BCUT2D eigenvalue weighted by Crippen LogP contribution is -1.94. The van der Waals surface area contributed by atoms with Crippen molar-refractivity contribution in [2.45, 2.75) is 6.54 Å². The van der Waals surface area contributed by atoms with Gasteiger partial charge in [-0.2, -0.15) is 0 Å². The molecule has 3 nitrogen and oxygen atoms in total. The number of rotatable bonds is 3. The first-order valence-corrected chi connectivity index (χ1v) is 5.90. The number of para-hydroxylation sites is 1. The van der Waals surface area contributed by atoms with Crippen molar-refractivity contribution in [1.82, 2.24) is 4.98 Å². The lowest BCUT2D eigenvalue weighted by molar-refractivity contribution is 0.483. The summed E-state index contributed by atoms with van der Waals surface area (Å²) in [6, 6.07) is 17.8. The summed E-state index contributed by atoms with van der Waals surface area (Å²) < 4.78 is 5.78. The van der Waals surface area contributed by atoms with E-state index in [1.54, 1.807) is 0 Å². The third-order valence-corrected chi connectivity index (χ3v) is 2.85. The summed E-state index contributed by atoms with van der Waals surface area (Å²) in [5, 5.41) is 1.11. The minimum atomic E-state index is 0.517. The van der Waals surface area contributed by atoms with Crippen molar-refractivity contribution in [2.75, 3.05) is 0 Å². The van der Waals surface area contributed by atoms with Gasteiger partial charge in [-0.25, -0.2) is 0 Å². The van der Waals surface area contributed by atoms with E-state index in [9.17, 15) is 0 Å². The van der Waals surface area contributed by atoms with Crippen LogP contribution in [0.4, 0.5) is 0 Å². The fourth-order valence-corrected chi connectivity index (χ4v) is 1.97. The van der Waals surface area contributed by atoms with Crippen LogP contribution in [0.25, 0.3) is 10.9 Å². The van der Waals surface area contributed by atoms with Crippen LogP contribution in [0.3, 0.4) is 0 Å². The number of hydrogen-bond acceptors (Lipinski definition) is 2. The number of aromatic amines is 1. The molecule has 0 spiro atoms. The fourth-order valence-electron chi connectivity index (χ4n) is 1.97. The van der Waals surface area contributed by atoms with E-state index in [-0.39, 0.29) is 0 Å². The van der Waals surface area contributed by atoms with Crippen LogP contribution in [0, 0.1) is 0 Å². The average molecular weight is 238 g/mol. The van der Waals surface area contributed by atoms with E-state index in [0.717, 1.165) is 28.1 Å². The SMILES string of the molecule is NCc1cc2cc(Oc3ccccc3)ccc2[nH]1. The predicted molar refractivity (Wildman–Crippen MR) is 72.7 cm³/mol. The van der Waals surface area contributed by atoms with E-state index >= 15 is 0 Å². The minimum Gasteiger partial charge on any atom is -0.457 e. The number of H-pyrrole nitrogens is 1. The molecule has 0 fully saturated rings. The van der Waals surface area contributed by atoms with E-state index in [4.69, 9.17) is 10.5 Å². The van der Waals surface area contributed by atoms with Crippen LogP contribution in [0.15, 0.2) is 54.6 Å². The van der Waals surface area contributed by atoms with Gasteiger partial charge >= 0.3 is 0 Å². The monoisotopic (exact) mass is 238 g/mol. The van der Waals surface area contributed by atoms with Crippen molar-refractivity contribution >= 4 is 10.9 Å². The van der Waals surface area contributed by atoms with Gasteiger partial charge in [-0.3, -0.25) is 0 Å². The molecular formula is C15H14N2O. The number of benzene rings is 2. The van der Waals surface area contributed by atoms with Gasteiger partial charge in [0, 0.05) is 23.1 Å². The molecule has 90 valence electrons. The summed E-state index contributed by atoms with van der Waals surface area (Å²) in [6.07, 6.45) is 0. The van der Waals surface area contributed by atoms with Crippen LogP contribution >= 0.6 is 0 Å². The highest BCUT2D eigenvalue weighted by Gasteiger charge is 2.02. The summed E-state index contributed by atoms with van der Waals surface area (Å²) in [6.45, 7) is 0.517. The van der Waals surface area contributed by atoms with Crippen LogP contribution in [-0.4, -0.2) is 4.98 Å². The molecule has 0 aliphatic heterocycles. The molecule has 0 amide bonds. The van der Waals surface area contributed by atoms with Crippen molar-refractivity contribution in [1.29, 1.82) is 0 Å². The molecule has 2 aromatic carbocycles. The molecule has 18 heavy (non-hydrogen) atoms. The molecule has 0 bridgehead atoms. The van der Waals surface area contributed by atoms with Gasteiger partial charge < -0.3 is 15.5 Å². The Bertz CT molecular complexity index is 659. The second-order valence-corrected chi connectivity index (χ2v) is 4.16. The van der Waals surface area contributed by atoms with Crippen molar-refractivity contribution in [3.05, 3.63) is 60.3 Å². The number of ether oxygens (including phenoxy) is 1. The summed E-state index contributed by atoms with van der Waals surface area (Å²) >= 11 is 0. The van der Waals surface area contributed by atoms with Gasteiger partial charge in [-0.1, -0.05) is 18.2 Å². The molecule has 3 rings (SSSR count). The first kappa shape index (κ1) is 10.9. The maximum atomic E-state index is 5.78. The van der Waals surface area contributed by atoms with Crippen LogP contribution < -0.4 is 10.5 Å². The molecule has 0 saturated heterocycles. The highest BCUT2D eigenvalue weighted by Crippen LogP contribution is 2.25. The van der Waals surface area contributed by atoms with Gasteiger partial charge in [-0.05, 0) is 36.4 Å². The van der Waals surface area contributed by atoms with Crippen LogP contribution in [0.5, 0.6) is 11.5 Å². The Morgan fingerprint density at radius 3 is 2.56 bits per heavy atom. The third-order valence-electron chi connectivity index (χ3n) is 2.85. The van der Waals surface area contributed by atoms with Crippen molar-refractivity contribution in [3.63, 3.8) is 0 Å². The van der Waals surface area contributed by atoms with Crippen LogP contribution in [-0.2, 0) is 6.54 Å². The van der Waals surface area contributed by atoms with E-state index < -0.39 is 0 Å². The number of fused-ring (bicyclic) bond motifs is 1.